The number of hydrogen-bond acceptors (Lipinski definition) is 3. The molecule has 4 heteroatoms. The fourth-order valence-corrected chi connectivity index (χ4v) is 2.32. The molecule has 0 aliphatic rings. The Kier molecular flexibility index (Phi) is 7.39. The Labute approximate surface area is 135 Å². The van der Waals surface area contributed by atoms with E-state index in [1.54, 1.807) is 4.90 Å². The van der Waals surface area contributed by atoms with Gasteiger partial charge in [0.05, 0.1) is 0 Å². The fourth-order valence-electron chi connectivity index (χ4n) is 2.32. The molecule has 1 aromatic carbocycles. The SMILES string of the molecule is CCCN(C)c1ccc(C(=O)N(C)CCC(N)C(C)C)cc1. The quantitative estimate of drug-likeness (QED) is 0.803. The van der Waals surface area contributed by atoms with Crippen molar-refractivity contribution in [1.29, 1.82) is 0 Å². The second kappa shape index (κ2) is 8.79. The van der Waals surface area contributed by atoms with E-state index in [4.69, 9.17) is 5.73 Å². The maximum absolute atomic E-state index is 12.4. The minimum absolute atomic E-state index is 0.0562. The maximum Gasteiger partial charge on any atom is 0.253 e. The lowest BCUT2D eigenvalue weighted by Gasteiger charge is -2.22. The summed E-state index contributed by atoms with van der Waals surface area (Å²) in [5, 5.41) is 0. The molecule has 4 nitrogen and oxygen atoms in total. The summed E-state index contributed by atoms with van der Waals surface area (Å²) in [6.07, 6.45) is 1.94. The Hall–Kier alpha value is -1.55. The van der Waals surface area contributed by atoms with E-state index in [0.29, 0.717) is 12.5 Å². The summed E-state index contributed by atoms with van der Waals surface area (Å²) in [7, 11) is 3.91. The van der Waals surface area contributed by atoms with Crippen molar-refractivity contribution < 1.29 is 4.79 Å². The largest absolute Gasteiger partial charge is 0.375 e. The van der Waals surface area contributed by atoms with E-state index in [-0.39, 0.29) is 11.9 Å². The molecule has 0 saturated heterocycles. The molecule has 1 atom stereocenters. The summed E-state index contributed by atoms with van der Waals surface area (Å²) in [6.45, 7) is 8.08. The predicted octanol–water partition coefficient (Wildman–Crippen LogP) is 2.98. The molecule has 22 heavy (non-hydrogen) atoms. The van der Waals surface area contributed by atoms with Gasteiger partial charge >= 0.3 is 0 Å². The van der Waals surface area contributed by atoms with E-state index in [1.165, 1.54) is 0 Å². The number of hydrogen-bond donors (Lipinski definition) is 1. The molecular formula is C18H31N3O. The molecule has 1 rings (SSSR count). The summed E-state index contributed by atoms with van der Waals surface area (Å²) in [6, 6.07) is 7.97. The van der Waals surface area contributed by atoms with Gasteiger partial charge in [0, 0.05) is 44.5 Å². The fraction of sp³-hybridized carbons (Fsp3) is 0.611. The van der Waals surface area contributed by atoms with Crippen LogP contribution >= 0.6 is 0 Å². The zero-order valence-corrected chi connectivity index (χ0v) is 14.7. The number of anilines is 1. The Morgan fingerprint density at radius 2 is 1.73 bits per heavy atom. The van der Waals surface area contributed by atoms with Gasteiger partial charge in [-0.05, 0) is 43.0 Å². The zero-order valence-electron chi connectivity index (χ0n) is 14.7. The zero-order chi connectivity index (χ0) is 16.7. The Morgan fingerprint density at radius 1 is 1.14 bits per heavy atom. The Bertz CT molecular complexity index is 456. The van der Waals surface area contributed by atoms with Gasteiger partial charge in [0.25, 0.3) is 5.91 Å². The molecule has 1 aromatic rings. The van der Waals surface area contributed by atoms with Crippen molar-refractivity contribution in [3.63, 3.8) is 0 Å². The summed E-state index contributed by atoms with van der Waals surface area (Å²) in [5.74, 6) is 0.498. The average molecular weight is 305 g/mol. The monoisotopic (exact) mass is 305 g/mol. The molecule has 2 N–H and O–H groups in total. The normalized spacial score (nSPS) is 12.3. The molecule has 0 saturated carbocycles. The van der Waals surface area contributed by atoms with Gasteiger partial charge in [0.2, 0.25) is 0 Å². The summed E-state index contributed by atoms with van der Waals surface area (Å²) < 4.78 is 0. The van der Waals surface area contributed by atoms with Gasteiger partial charge in [0.15, 0.2) is 0 Å². The molecule has 0 radical (unpaired) electrons. The van der Waals surface area contributed by atoms with Gasteiger partial charge in [-0.3, -0.25) is 4.79 Å². The molecule has 1 unspecified atom stereocenters. The minimum Gasteiger partial charge on any atom is -0.375 e. The molecule has 0 aromatic heterocycles. The molecule has 0 fully saturated rings. The lowest BCUT2D eigenvalue weighted by molar-refractivity contribution is 0.0789. The van der Waals surface area contributed by atoms with Crippen molar-refractivity contribution in [2.24, 2.45) is 11.7 Å². The number of carbonyl (C=O) groups excluding carboxylic acids is 1. The van der Waals surface area contributed by atoms with Crippen molar-refractivity contribution in [3.05, 3.63) is 29.8 Å². The highest BCUT2D eigenvalue weighted by Crippen LogP contribution is 2.15. The van der Waals surface area contributed by atoms with E-state index in [1.807, 2.05) is 31.3 Å². The number of benzene rings is 1. The number of nitrogens with zero attached hydrogens (tertiary/aromatic N) is 2. The van der Waals surface area contributed by atoms with E-state index >= 15 is 0 Å². The molecule has 0 aliphatic carbocycles. The summed E-state index contributed by atoms with van der Waals surface area (Å²) in [4.78, 5) is 16.4. The number of rotatable bonds is 8. The highest BCUT2D eigenvalue weighted by Gasteiger charge is 2.14. The van der Waals surface area contributed by atoms with Gasteiger partial charge < -0.3 is 15.5 Å². The average Bonchev–Trinajstić information content (AvgIpc) is 2.51. The van der Waals surface area contributed by atoms with E-state index < -0.39 is 0 Å². The van der Waals surface area contributed by atoms with E-state index in [9.17, 15) is 4.79 Å². The first-order valence-electron chi connectivity index (χ1n) is 8.19. The third-order valence-corrected chi connectivity index (χ3v) is 4.11. The highest BCUT2D eigenvalue weighted by molar-refractivity contribution is 5.94. The van der Waals surface area contributed by atoms with Gasteiger partial charge in [-0.2, -0.15) is 0 Å². The van der Waals surface area contributed by atoms with Gasteiger partial charge in [-0.15, -0.1) is 0 Å². The van der Waals surface area contributed by atoms with Crippen LogP contribution in [-0.4, -0.2) is 44.0 Å². The lowest BCUT2D eigenvalue weighted by atomic mass is 10.0. The smallest absolute Gasteiger partial charge is 0.253 e. The topological polar surface area (TPSA) is 49.6 Å². The van der Waals surface area contributed by atoms with Crippen LogP contribution in [0.4, 0.5) is 5.69 Å². The van der Waals surface area contributed by atoms with Gasteiger partial charge in [-0.25, -0.2) is 0 Å². The van der Waals surface area contributed by atoms with Gasteiger partial charge in [0.1, 0.15) is 0 Å². The first-order valence-corrected chi connectivity index (χ1v) is 8.19. The minimum atomic E-state index is 0.0562. The van der Waals surface area contributed by atoms with Crippen LogP contribution < -0.4 is 10.6 Å². The van der Waals surface area contributed by atoms with Crippen LogP contribution in [0.2, 0.25) is 0 Å². The first-order chi connectivity index (χ1) is 10.4. The van der Waals surface area contributed by atoms with Crippen molar-refractivity contribution in [2.45, 2.75) is 39.7 Å². The molecule has 0 aliphatic heterocycles. The van der Waals surface area contributed by atoms with Crippen LogP contribution in [0, 0.1) is 5.92 Å². The molecule has 0 heterocycles. The predicted molar refractivity (Wildman–Crippen MR) is 94.4 cm³/mol. The third kappa shape index (κ3) is 5.34. The first kappa shape index (κ1) is 18.5. The van der Waals surface area contributed by atoms with Crippen molar-refractivity contribution in [1.82, 2.24) is 4.90 Å². The Balaban J connectivity index is 2.61. The molecule has 0 spiro atoms. The van der Waals surface area contributed by atoms with E-state index in [0.717, 1.165) is 30.6 Å². The molecular weight excluding hydrogens is 274 g/mol. The van der Waals surface area contributed by atoms with Crippen LogP contribution in [0.5, 0.6) is 0 Å². The second-order valence-electron chi connectivity index (χ2n) is 6.39. The van der Waals surface area contributed by atoms with Gasteiger partial charge in [-0.1, -0.05) is 20.8 Å². The van der Waals surface area contributed by atoms with Crippen LogP contribution in [0.25, 0.3) is 0 Å². The molecule has 1 amide bonds. The van der Waals surface area contributed by atoms with Crippen molar-refractivity contribution >= 4 is 11.6 Å². The number of nitrogens with two attached hydrogens (primary N) is 1. The third-order valence-electron chi connectivity index (χ3n) is 4.11. The summed E-state index contributed by atoms with van der Waals surface area (Å²) in [5.41, 5.74) is 7.91. The summed E-state index contributed by atoms with van der Waals surface area (Å²) >= 11 is 0. The van der Waals surface area contributed by atoms with Crippen LogP contribution in [0.1, 0.15) is 44.0 Å². The maximum atomic E-state index is 12.4. The molecule has 124 valence electrons. The number of amides is 1. The van der Waals surface area contributed by atoms with Crippen molar-refractivity contribution in [2.75, 3.05) is 32.1 Å². The van der Waals surface area contributed by atoms with Crippen LogP contribution in [0.15, 0.2) is 24.3 Å². The Morgan fingerprint density at radius 3 is 2.23 bits per heavy atom. The lowest BCUT2D eigenvalue weighted by Crippen LogP contribution is -2.34. The van der Waals surface area contributed by atoms with Crippen LogP contribution in [0.3, 0.4) is 0 Å². The second-order valence-corrected chi connectivity index (χ2v) is 6.39. The standard InChI is InChI=1S/C18H31N3O/c1-6-12-20(4)16-9-7-15(8-10-16)18(22)21(5)13-11-17(19)14(2)3/h7-10,14,17H,6,11-13,19H2,1-5H3. The van der Waals surface area contributed by atoms with E-state index in [2.05, 4.69) is 32.7 Å². The van der Waals surface area contributed by atoms with Crippen LogP contribution in [-0.2, 0) is 0 Å². The number of carbonyl (C=O) groups is 1. The molecule has 0 bridgehead atoms. The van der Waals surface area contributed by atoms with Crippen molar-refractivity contribution in [3.8, 4) is 0 Å². The highest BCUT2D eigenvalue weighted by atomic mass is 16.2.